The van der Waals surface area contributed by atoms with Gasteiger partial charge in [0.25, 0.3) is 11.8 Å². The zero-order valence-electron chi connectivity index (χ0n) is 45.0. The van der Waals surface area contributed by atoms with Crippen LogP contribution >= 0.6 is 0 Å². The molecule has 2 aromatic carbocycles. The molecule has 0 fully saturated rings. The van der Waals surface area contributed by atoms with Crippen LogP contribution in [0.15, 0.2) is 72.9 Å². The van der Waals surface area contributed by atoms with E-state index < -0.39 is 170 Å². The second kappa shape index (κ2) is 29.5. The largest absolute Gasteiger partial charge is 0.387 e. The standard InChI is InChI=1S/C53H69F2N11O14/c1-29(59-31(3)68)48(76)60-30(2)49(77)63-39(24-41(56)69)52(80)62-38(51(79)58-20-19-57-50(78)37(14-17-46(74)75)61-42(70)27-66-43(71)15-16-44(66)72)18-21-65(45(73)28-67)47(53(4,5)6)40-22-33(35-23-34(54)12-13-36(35)55)26-64(40)25-32-10-8-7-9-11-32/h7-13,15-16,22-23,26,29-30,37-39,46-47,67,74-75H,14,17-21,24-25,27-28H2,1-6H3,(H2,56,69)(H,57,78)(H,58,79)(H,59,68)(H,60,76)(H,61,70)(H,62,80)(H,63,77)/t29-,30+,37+,38-,39-,47-/m0/s1. The van der Waals surface area contributed by atoms with E-state index in [0.717, 1.165) is 35.9 Å². The number of halogens is 2. The summed E-state index contributed by atoms with van der Waals surface area (Å²) >= 11 is 0. The number of carbonyl (C=O) groups excluding carboxylic acids is 11. The molecule has 4 rings (SSSR count). The lowest BCUT2D eigenvalue weighted by Gasteiger charge is -2.41. The summed E-state index contributed by atoms with van der Waals surface area (Å²) in [5, 5.41) is 46.4. The number of nitrogens with one attached hydrogen (secondary N) is 7. The van der Waals surface area contributed by atoms with Gasteiger partial charge < -0.3 is 67.7 Å². The number of aromatic nitrogens is 1. The molecule has 12 N–H and O–H groups in total. The average Bonchev–Trinajstić information content (AvgIpc) is 3.93. The fraction of sp³-hybridized carbons (Fsp3) is 0.453. The summed E-state index contributed by atoms with van der Waals surface area (Å²) < 4.78 is 31.8. The van der Waals surface area contributed by atoms with Gasteiger partial charge in [-0.1, -0.05) is 51.1 Å². The molecule has 434 valence electrons. The summed E-state index contributed by atoms with van der Waals surface area (Å²) in [6, 6.07) is 5.20. The summed E-state index contributed by atoms with van der Waals surface area (Å²) in [6.07, 6.45) is -0.447. The van der Waals surface area contributed by atoms with Crippen molar-refractivity contribution in [2.75, 3.05) is 32.8 Å². The second-order valence-corrected chi connectivity index (χ2v) is 20.0. The molecule has 0 saturated heterocycles. The highest BCUT2D eigenvalue weighted by Crippen LogP contribution is 2.41. The van der Waals surface area contributed by atoms with Crippen LogP contribution in [-0.4, -0.2) is 164 Å². The Hall–Kier alpha value is -8.43. The number of nitrogens with zero attached hydrogens (tertiary/aromatic N) is 3. The third-order valence-corrected chi connectivity index (χ3v) is 12.4. The van der Waals surface area contributed by atoms with Gasteiger partial charge in [-0.05, 0) is 61.9 Å². The number of carbonyl (C=O) groups is 11. The van der Waals surface area contributed by atoms with Crippen molar-refractivity contribution in [3.05, 3.63) is 95.8 Å². The van der Waals surface area contributed by atoms with E-state index in [9.17, 15) is 72.4 Å². The highest BCUT2D eigenvalue weighted by atomic mass is 19.1. The van der Waals surface area contributed by atoms with Crippen LogP contribution in [0.25, 0.3) is 11.1 Å². The first-order valence-electron chi connectivity index (χ1n) is 25.4. The maximum Gasteiger partial charge on any atom is 0.254 e. The summed E-state index contributed by atoms with van der Waals surface area (Å²) in [5.41, 5.74) is 5.86. The summed E-state index contributed by atoms with van der Waals surface area (Å²) in [7, 11) is 0. The maximum atomic E-state index is 15.4. The molecule has 11 amide bonds. The molecular formula is C53H69F2N11O14. The van der Waals surface area contributed by atoms with Gasteiger partial charge in [-0.15, -0.1) is 0 Å². The molecule has 1 aliphatic heterocycles. The van der Waals surface area contributed by atoms with Gasteiger partial charge in [0.1, 0.15) is 55.0 Å². The molecule has 0 radical (unpaired) electrons. The lowest BCUT2D eigenvalue weighted by atomic mass is 9.82. The Bertz CT molecular complexity index is 2780. The second-order valence-electron chi connectivity index (χ2n) is 20.0. The van der Waals surface area contributed by atoms with Crippen LogP contribution in [0.4, 0.5) is 8.78 Å². The van der Waals surface area contributed by atoms with Crippen LogP contribution in [0, 0.1) is 17.0 Å². The molecule has 80 heavy (non-hydrogen) atoms. The smallest absolute Gasteiger partial charge is 0.254 e. The van der Waals surface area contributed by atoms with Gasteiger partial charge in [0.05, 0.1) is 12.5 Å². The number of imide groups is 1. The van der Waals surface area contributed by atoms with E-state index in [-0.39, 0.29) is 30.6 Å². The molecule has 2 heterocycles. The molecule has 6 atom stereocenters. The number of primary amides is 1. The molecule has 1 aromatic heterocycles. The van der Waals surface area contributed by atoms with Crippen LogP contribution in [0.3, 0.4) is 0 Å². The molecule has 27 heteroatoms. The first-order valence-corrected chi connectivity index (χ1v) is 25.4. The third kappa shape index (κ3) is 19.2. The normalized spacial score (nSPS) is 14.5. The van der Waals surface area contributed by atoms with Crippen molar-refractivity contribution < 1.29 is 76.8 Å². The monoisotopic (exact) mass is 1120 g/mol. The SMILES string of the molecule is CC(=O)N[C@@H](C)C(=O)N[C@H](C)C(=O)N[C@@H](CC(N)=O)C(=O)N[C@@H](CCN(C(=O)CO)[C@@H](c1cc(-c2cc(F)ccc2F)cn1Cc1ccccc1)C(C)(C)C)C(=O)NCCNC(=O)[C@@H](CCC(O)O)NC(=O)CN1C(=O)C=CC1=O. The zero-order valence-corrected chi connectivity index (χ0v) is 45.0. The van der Waals surface area contributed by atoms with E-state index in [2.05, 4.69) is 37.2 Å². The van der Waals surface area contributed by atoms with Crippen LogP contribution < -0.4 is 43.0 Å². The van der Waals surface area contributed by atoms with Crippen molar-refractivity contribution in [3.8, 4) is 11.1 Å². The number of hydrogen-bond acceptors (Lipinski definition) is 14. The van der Waals surface area contributed by atoms with E-state index in [4.69, 9.17) is 5.73 Å². The van der Waals surface area contributed by atoms with Gasteiger partial charge >= 0.3 is 0 Å². The highest BCUT2D eigenvalue weighted by molar-refractivity contribution is 6.14. The van der Waals surface area contributed by atoms with Crippen molar-refractivity contribution >= 4 is 65.0 Å². The van der Waals surface area contributed by atoms with Gasteiger partial charge in [0.15, 0.2) is 6.29 Å². The Kier molecular flexibility index (Phi) is 23.7. The van der Waals surface area contributed by atoms with Crippen LogP contribution in [0.1, 0.15) is 84.5 Å². The lowest BCUT2D eigenvalue weighted by molar-refractivity contribution is -0.141. The Balaban J connectivity index is 1.68. The average molecular weight is 1120 g/mol. The predicted octanol–water partition coefficient (Wildman–Crippen LogP) is -1.61. The van der Waals surface area contributed by atoms with E-state index in [0.29, 0.717) is 10.6 Å². The predicted molar refractivity (Wildman–Crippen MR) is 281 cm³/mol. The van der Waals surface area contributed by atoms with Crippen molar-refractivity contribution in [1.82, 2.24) is 51.6 Å². The Morgan fingerprint density at radius 2 is 1.29 bits per heavy atom. The zero-order chi connectivity index (χ0) is 59.6. The van der Waals surface area contributed by atoms with Crippen molar-refractivity contribution in [1.29, 1.82) is 0 Å². The summed E-state index contributed by atoms with van der Waals surface area (Å²) in [6.45, 7) is 6.24. The summed E-state index contributed by atoms with van der Waals surface area (Å²) in [4.78, 5) is 145. The quantitative estimate of drug-likeness (QED) is 0.0212. The Labute approximate surface area is 459 Å². The van der Waals surface area contributed by atoms with E-state index in [1.165, 1.54) is 25.7 Å². The van der Waals surface area contributed by atoms with Crippen molar-refractivity contribution in [2.45, 2.75) is 116 Å². The van der Waals surface area contributed by atoms with Gasteiger partial charge in [-0.25, -0.2) is 8.78 Å². The number of hydrogen-bond donors (Lipinski definition) is 11. The number of amides is 11. The van der Waals surface area contributed by atoms with Crippen molar-refractivity contribution in [3.63, 3.8) is 0 Å². The molecule has 0 spiro atoms. The minimum Gasteiger partial charge on any atom is -0.387 e. The molecular weight excluding hydrogens is 1050 g/mol. The number of nitrogens with two attached hydrogens (primary N) is 1. The minimum absolute atomic E-state index is 0.0924. The van der Waals surface area contributed by atoms with E-state index >= 15 is 4.39 Å². The van der Waals surface area contributed by atoms with Crippen LogP contribution in [0.5, 0.6) is 0 Å². The molecule has 0 bridgehead atoms. The lowest BCUT2D eigenvalue weighted by Crippen LogP contribution is -2.58. The minimum atomic E-state index is -1.89. The number of rotatable bonds is 29. The van der Waals surface area contributed by atoms with E-state index in [1.54, 1.807) is 55.8 Å². The van der Waals surface area contributed by atoms with Crippen LogP contribution in [-0.2, 0) is 59.3 Å². The van der Waals surface area contributed by atoms with Crippen molar-refractivity contribution in [2.24, 2.45) is 11.1 Å². The fourth-order valence-electron chi connectivity index (χ4n) is 8.56. The van der Waals surface area contributed by atoms with Gasteiger partial charge in [-0.3, -0.25) is 57.6 Å². The van der Waals surface area contributed by atoms with Gasteiger partial charge in [0.2, 0.25) is 53.2 Å². The van der Waals surface area contributed by atoms with E-state index in [1.807, 2.05) is 12.1 Å². The number of aliphatic hydroxyl groups is 3. The van der Waals surface area contributed by atoms with Gasteiger partial charge in [-0.2, -0.15) is 0 Å². The molecule has 0 aliphatic carbocycles. The molecule has 0 unspecified atom stereocenters. The highest BCUT2D eigenvalue weighted by Gasteiger charge is 2.39. The first kappa shape index (κ1) is 64.1. The Morgan fingerprint density at radius 1 is 0.713 bits per heavy atom. The number of benzene rings is 2. The third-order valence-electron chi connectivity index (χ3n) is 12.4. The number of aliphatic hydroxyl groups excluding tert-OH is 2. The Morgan fingerprint density at radius 3 is 1.85 bits per heavy atom. The molecule has 0 saturated carbocycles. The molecule has 1 aliphatic rings. The fourth-order valence-corrected chi connectivity index (χ4v) is 8.56. The van der Waals surface area contributed by atoms with Gasteiger partial charge in [0, 0.05) is 74.7 Å². The van der Waals surface area contributed by atoms with Crippen LogP contribution in [0.2, 0.25) is 0 Å². The maximum absolute atomic E-state index is 15.4. The first-order chi connectivity index (χ1) is 37.6. The molecule has 3 aromatic rings. The molecule has 25 nitrogen and oxygen atoms in total. The topological polar surface area (TPSA) is 370 Å². The summed E-state index contributed by atoms with van der Waals surface area (Å²) in [5.74, 6) is -11.2.